The van der Waals surface area contributed by atoms with Crippen LogP contribution in [0.1, 0.15) is 37.3 Å². The smallest absolute Gasteiger partial charge is 0.285 e. The molecule has 1 aromatic carbocycles. The van der Waals surface area contributed by atoms with E-state index in [4.69, 9.17) is 23.2 Å². The Morgan fingerprint density at radius 2 is 1.95 bits per heavy atom. The number of halogens is 3. The topological polar surface area (TPSA) is 37.8 Å². The molecule has 0 unspecified atom stereocenters. The van der Waals surface area contributed by atoms with Crippen molar-refractivity contribution in [1.29, 1.82) is 0 Å². The summed E-state index contributed by atoms with van der Waals surface area (Å²) in [6.45, 7) is 0. The number of benzene rings is 1. The van der Waals surface area contributed by atoms with E-state index in [1.54, 1.807) is 18.2 Å². The lowest BCUT2D eigenvalue weighted by Crippen LogP contribution is -2.15. The second-order valence-electron chi connectivity index (χ2n) is 5.06. The summed E-state index contributed by atoms with van der Waals surface area (Å²) in [5.74, 6) is 0.421. The van der Waals surface area contributed by atoms with Crippen LogP contribution >= 0.6 is 39.1 Å². The Bertz CT molecular complexity index is 702. The van der Waals surface area contributed by atoms with E-state index in [9.17, 15) is 4.79 Å². The van der Waals surface area contributed by atoms with E-state index < -0.39 is 0 Å². The van der Waals surface area contributed by atoms with Crippen molar-refractivity contribution in [3.8, 4) is 5.69 Å². The minimum Gasteiger partial charge on any atom is -0.294 e. The number of hydrogen-bond donors (Lipinski definition) is 1. The highest BCUT2D eigenvalue weighted by atomic mass is 79.9. The van der Waals surface area contributed by atoms with E-state index in [0.29, 0.717) is 26.1 Å². The monoisotopic (exact) mass is 374 g/mol. The zero-order chi connectivity index (χ0) is 14.3. The molecule has 1 saturated carbocycles. The summed E-state index contributed by atoms with van der Waals surface area (Å²) in [4.78, 5) is 12.4. The maximum absolute atomic E-state index is 12.4. The van der Waals surface area contributed by atoms with Crippen molar-refractivity contribution in [3.63, 3.8) is 0 Å². The zero-order valence-electron chi connectivity index (χ0n) is 10.6. The van der Waals surface area contributed by atoms with Crippen LogP contribution in [0.15, 0.2) is 27.5 Å². The molecule has 1 heterocycles. The number of H-pyrrole nitrogens is 1. The molecule has 0 bridgehead atoms. The van der Waals surface area contributed by atoms with Gasteiger partial charge in [-0.05, 0) is 47.0 Å². The average molecular weight is 376 g/mol. The maximum atomic E-state index is 12.4. The van der Waals surface area contributed by atoms with Crippen molar-refractivity contribution >= 4 is 39.1 Å². The lowest BCUT2D eigenvalue weighted by atomic mass is 10.1. The van der Waals surface area contributed by atoms with Crippen LogP contribution in [0, 0.1) is 0 Å². The van der Waals surface area contributed by atoms with Crippen LogP contribution in [0.4, 0.5) is 0 Å². The molecule has 0 radical (unpaired) electrons. The van der Waals surface area contributed by atoms with Crippen molar-refractivity contribution < 1.29 is 0 Å². The van der Waals surface area contributed by atoms with Gasteiger partial charge in [0.1, 0.15) is 4.47 Å². The Hall–Kier alpha value is -0.710. The number of nitrogens with zero attached hydrogens (tertiary/aromatic N) is 1. The number of rotatable bonds is 2. The third kappa shape index (κ3) is 2.45. The van der Waals surface area contributed by atoms with Crippen LogP contribution in [0.3, 0.4) is 0 Å². The first-order chi connectivity index (χ1) is 9.58. The Kier molecular flexibility index (Phi) is 3.98. The van der Waals surface area contributed by atoms with Gasteiger partial charge < -0.3 is 0 Å². The van der Waals surface area contributed by atoms with Gasteiger partial charge in [-0.2, -0.15) is 0 Å². The number of nitrogens with one attached hydrogen (secondary N) is 1. The fourth-order valence-electron chi connectivity index (χ4n) is 2.75. The fourth-order valence-corrected chi connectivity index (χ4v) is 3.83. The molecular formula is C14H13BrCl2N2O. The van der Waals surface area contributed by atoms with Gasteiger partial charge in [0.2, 0.25) is 0 Å². The van der Waals surface area contributed by atoms with E-state index in [1.165, 1.54) is 17.5 Å². The Morgan fingerprint density at radius 1 is 1.25 bits per heavy atom. The molecule has 6 heteroatoms. The van der Waals surface area contributed by atoms with Crippen molar-refractivity contribution in [2.45, 2.75) is 31.6 Å². The molecule has 0 amide bonds. The quantitative estimate of drug-likeness (QED) is 0.796. The molecule has 1 N–H and O–H groups in total. The van der Waals surface area contributed by atoms with Gasteiger partial charge in [0.05, 0.1) is 16.4 Å². The van der Waals surface area contributed by atoms with E-state index in [0.717, 1.165) is 18.5 Å². The van der Waals surface area contributed by atoms with Gasteiger partial charge >= 0.3 is 0 Å². The van der Waals surface area contributed by atoms with E-state index in [2.05, 4.69) is 21.0 Å². The van der Waals surface area contributed by atoms with Crippen molar-refractivity contribution in [2.75, 3.05) is 0 Å². The molecule has 20 heavy (non-hydrogen) atoms. The molecule has 1 aromatic heterocycles. The van der Waals surface area contributed by atoms with E-state index >= 15 is 0 Å². The second kappa shape index (κ2) is 5.58. The highest BCUT2D eigenvalue weighted by molar-refractivity contribution is 9.10. The molecule has 0 saturated heterocycles. The molecule has 106 valence electrons. The minimum absolute atomic E-state index is 0.115. The summed E-state index contributed by atoms with van der Waals surface area (Å²) in [5, 5.41) is 4.20. The molecule has 1 fully saturated rings. The molecule has 0 spiro atoms. The fraction of sp³-hybridized carbons (Fsp3) is 0.357. The Labute approximate surface area is 135 Å². The number of hydrogen-bond acceptors (Lipinski definition) is 1. The van der Waals surface area contributed by atoms with Crippen molar-refractivity contribution in [2.24, 2.45) is 0 Å². The van der Waals surface area contributed by atoms with Gasteiger partial charge in [-0.15, -0.1) is 0 Å². The second-order valence-corrected chi connectivity index (χ2v) is 6.69. The maximum Gasteiger partial charge on any atom is 0.285 e. The molecule has 0 atom stereocenters. The normalized spacial score (nSPS) is 15.9. The third-order valence-corrected chi connectivity index (χ3v) is 5.08. The van der Waals surface area contributed by atoms with Gasteiger partial charge in [0.15, 0.2) is 0 Å². The Balaban J connectivity index is 2.10. The van der Waals surface area contributed by atoms with Gasteiger partial charge in [-0.3, -0.25) is 9.89 Å². The van der Waals surface area contributed by atoms with Gasteiger partial charge in [0, 0.05) is 10.9 Å². The van der Waals surface area contributed by atoms with E-state index in [-0.39, 0.29) is 5.56 Å². The van der Waals surface area contributed by atoms with Crippen LogP contribution in [0.5, 0.6) is 0 Å². The van der Waals surface area contributed by atoms with Gasteiger partial charge in [-0.1, -0.05) is 36.0 Å². The first-order valence-electron chi connectivity index (χ1n) is 6.54. The summed E-state index contributed by atoms with van der Waals surface area (Å²) in [6, 6.07) is 5.10. The molecule has 3 nitrogen and oxygen atoms in total. The molecule has 0 aliphatic heterocycles. The van der Waals surface area contributed by atoms with Crippen LogP contribution in [0.25, 0.3) is 5.69 Å². The zero-order valence-corrected chi connectivity index (χ0v) is 13.7. The predicted molar refractivity (Wildman–Crippen MR) is 85.3 cm³/mol. The molecule has 2 aromatic rings. The van der Waals surface area contributed by atoms with E-state index in [1.807, 2.05) is 0 Å². The highest BCUT2D eigenvalue weighted by Crippen LogP contribution is 2.36. The molecule has 1 aliphatic carbocycles. The largest absolute Gasteiger partial charge is 0.294 e. The van der Waals surface area contributed by atoms with Gasteiger partial charge in [-0.25, -0.2) is 4.68 Å². The molecule has 3 rings (SSSR count). The highest BCUT2D eigenvalue weighted by Gasteiger charge is 2.24. The lowest BCUT2D eigenvalue weighted by Gasteiger charge is -2.08. The Morgan fingerprint density at radius 3 is 2.60 bits per heavy atom. The SMILES string of the molecule is O=c1c(Br)c(C2CCCC2)[nH]n1-c1ccc(Cl)cc1Cl. The molecular weight excluding hydrogens is 363 g/mol. The van der Waals surface area contributed by atoms with Crippen LogP contribution < -0.4 is 5.56 Å². The first-order valence-corrected chi connectivity index (χ1v) is 8.08. The summed E-state index contributed by atoms with van der Waals surface area (Å²) in [5.41, 5.74) is 1.47. The molecule has 1 aliphatic rings. The van der Waals surface area contributed by atoms with Crippen molar-refractivity contribution in [1.82, 2.24) is 9.78 Å². The lowest BCUT2D eigenvalue weighted by molar-refractivity contribution is 0.675. The third-order valence-electron chi connectivity index (χ3n) is 3.77. The first kappa shape index (κ1) is 14.2. The number of aromatic amines is 1. The summed E-state index contributed by atoms with van der Waals surface area (Å²) < 4.78 is 2.09. The standard InChI is InChI=1S/C14H13BrCl2N2O/c15-12-13(8-3-1-2-4-8)18-19(14(12)20)11-6-5-9(16)7-10(11)17/h5-8,18H,1-4H2. The number of aromatic nitrogens is 2. The van der Waals surface area contributed by atoms with Crippen LogP contribution in [-0.4, -0.2) is 9.78 Å². The summed E-state index contributed by atoms with van der Waals surface area (Å²) in [7, 11) is 0. The van der Waals surface area contributed by atoms with Crippen LogP contribution in [0.2, 0.25) is 10.0 Å². The van der Waals surface area contributed by atoms with Crippen molar-refractivity contribution in [3.05, 3.63) is 48.8 Å². The average Bonchev–Trinajstić information content (AvgIpc) is 3.01. The van der Waals surface area contributed by atoms with Crippen LogP contribution in [-0.2, 0) is 0 Å². The minimum atomic E-state index is -0.115. The summed E-state index contributed by atoms with van der Waals surface area (Å²) in [6.07, 6.45) is 4.66. The van der Waals surface area contributed by atoms with Gasteiger partial charge in [0.25, 0.3) is 5.56 Å². The summed E-state index contributed by atoms with van der Waals surface area (Å²) >= 11 is 15.5. The predicted octanol–water partition coefficient (Wildman–Crippen LogP) is 4.89.